The average molecular weight is 297 g/mol. The first-order valence-electron chi connectivity index (χ1n) is 5.69. The third-order valence-corrected chi connectivity index (χ3v) is 4.37. The largest absolute Gasteiger partial charge is 0.495 e. The second-order valence-electron chi connectivity index (χ2n) is 4.29. The third kappa shape index (κ3) is 3.15. The Balaban J connectivity index is 2.01. The summed E-state index contributed by atoms with van der Waals surface area (Å²) < 4.78 is 5.10. The molecule has 0 bridgehead atoms. The van der Waals surface area contributed by atoms with Gasteiger partial charge in [0.1, 0.15) is 16.2 Å². The Labute approximate surface area is 119 Å². The SMILES string of the molecule is COc1ccsc1C(=O)NCC(C)(O)c1ccsc1. The van der Waals surface area contributed by atoms with Gasteiger partial charge in [-0.25, -0.2) is 0 Å². The highest BCUT2D eigenvalue weighted by atomic mass is 32.1. The molecule has 0 saturated heterocycles. The van der Waals surface area contributed by atoms with Gasteiger partial charge >= 0.3 is 0 Å². The number of rotatable bonds is 5. The zero-order valence-corrected chi connectivity index (χ0v) is 12.3. The zero-order valence-electron chi connectivity index (χ0n) is 10.7. The Morgan fingerprint density at radius 1 is 1.47 bits per heavy atom. The van der Waals surface area contributed by atoms with Crippen molar-refractivity contribution in [3.05, 3.63) is 38.7 Å². The summed E-state index contributed by atoms with van der Waals surface area (Å²) in [5.41, 5.74) is -0.267. The topological polar surface area (TPSA) is 58.6 Å². The van der Waals surface area contributed by atoms with Gasteiger partial charge in [0.15, 0.2) is 0 Å². The van der Waals surface area contributed by atoms with Crippen LogP contribution in [0.25, 0.3) is 0 Å². The normalized spacial score (nSPS) is 13.8. The molecule has 6 heteroatoms. The monoisotopic (exact) mass is 297 g/mol. The molecule has 0 radical (unpaired) electrons. The summed E-state index contributed by atoms with van der Waals surface area (Å²) in [6, 6.07) is 3.60. The molecular formula is C13H15NO3S2. The molecule has 0 spiro atoms. The molecule has 0 fully saturated rings. The van der Waals surface area contributed by atoms with E-state index in [1.165, 1.54) is 29.8 Å². The molecular weight excluding hydrogens is 282 g/mol. The molecule has 0 aliphatic carbocycles. The predicted octanol–water partition coefficient (Wildman–Crippen LogP) is 2.46. The predicted molar refractivity (Wildman–Crippen MR) is 77.1 cm³/mol. The van der Waals surface area contributed by atoms with Gasteiger partial charge in [-0.1, -0.05) is 0 Å². The number of hydrogen-bond donors (Lipinski definition) is 2. The highest BCUT2D eigenvalue weighted by Gasteiger charge is 2.25. The van der Waals surface area contributed by atoms with E-state index in [0.29, 0.717) is 10.6 Å². The van der Waals surface area contributed by atoms with Crippen molar-refractivity contribution in [3.63, 3.8) is 0 Å². The fraction of sp³-hybridized carbons (Fsp3) is 0.308. The number of hydrogen-bond acceptors (Lipinski definition) is 5. The van der Waals surface area contributed by atoms with Gasteiger partial charge in [0.25, 0.3) is 5.91 Å². The number of methoxy groups -OCH3 is 1. The number of aliphatic hydroxyl groups is 1. The van der Waals surface area contributed by atoms with Crippen molar-refractivity contribution in [2.24, 2.45) is 0 Å². The molecule has 0 aliphatic heterocycles. The number of amides is 1. The highest BCUT2D eigenvalue weighted by molar-refractivity contribution is 7.12. The van der Waals surface area contributed by atoms with Crippen LogP contribution in [0.3, 0.4) is 0 Å². The second kappa shape index (κ2) is 5.73. The first-order chi connectivity index (χ1) is 9.04. The first-order valence-corrected chi connectivity index (χ1v) is 7.51. The van der Waals surface area contributed by atoms with Gasteiger partial charge in [0.05, 0.1) is 13.7 Å². The van der Waals surface area contributed by atoms with E-state index in [-0.39, 0.29) is 12.5 Å². The average Bonchev–Trinajstić information content (AvgIpc) is 3.06. The summed E-state index contributed by atoms with van der Waals surface area (Å²) in [6.07, 6.45) is 0. The van der Waals surface area contributed by atoms with Gasteiger partial charge in [0, 0.05) is 0 Å². The van der Waals surface area contributed by atoms with Crippen LogP contribution in [0.5, 0.6) is 5.75 Å². The molecule has 4 nitrogen and oxygen atoms in total. The standard InChI is InChI=1S/C13H15NO3S2/c1-13(16,9-3-5-18-7-9)8-14-12(15)11-10(17-2)4-6-19-11/h3-7,16H,8H2,1-2H3,(H,14,15). The van der Waals surface area contributed by atoms with Crippen molar-refractivity contribution >= 4 is 28.6 Å². The Kier molecular flexibility index (Phi) is 4.24. The lowest BCUT2D eigenvalue weighted by molar-refractivity contribution is 0.0530. The summed E-state index contributed by atoms with van der Waals surface area (Å²) in [4.78, 5) is 12.5. The van der Waals surface area contributed by atoms with E-state index in [4.69, 9.17) is 4.74 Å². The summed E-state index contributed by atoms with van der Waals surface area (Å²) in [5.74, 6) is 0.319. The summed E-state index contributed by atoms with van der Waals surface area (Å²) in [7, 11) is 1.53. The van der Waals surface area contributed by atoms with Crippen LogP contribution in [0, 0.1) is 0 Å². The van der Waals surface area contributed by atoms with Crippen molar-refractivity contribution in [1.29, 1.82) is 0 Å². The molecule has 2 aromatic rings. The van der Waals surface area contributed by atoms with Crippen LogP contribution in [0.15, 0.2) is 28.3 Å². The maximum atomic E-state index is 12.0. The van der Waals surface area contributed by atoms with Crippen LogP contribution in [0.1, 0.15) is 22.2 Å². The van der Waals surface area contributed by atoms with Crippen LogP contribution in [-0.4, -0.2) is 24.7 Å². The summed E-state index contributed by atoms with van der Waals surface area (Å²) in [5, 5.41) is 18.6. The Morgan fingerprint density at radius 2 is 2.26 bits per heavy atom. The molecule has 19 heavy (non-hydrogen) atoms. The number of nitrogens with one attached hydrogen (secondary N) is 1. The molecule has 2 heterocycles. The number of ether oxygens (including phenoxy) is 1. The Morgan fingerprint density at radius 3 is 2.89 bits per heavy atom. The second-order valence-corrected chi connectivity index (χ2v) is 5.98. The van der Waals surface area contributed by atoms with E-state index < -0.39 is 5.60 Å². The number of carbonyl (C=O) groups is 1. The lowest BCUT2D eigenvalue weighted by Crippen LogP contribution is -2.38. The van der Waals surface area contributed by atoms with E-state index in [0.717, 1.165) is 5.56 Å². The molecule has 0 aromatic carbocycles. The van der Waals surface area contributed by atoms with Gasteiger partial charge < -0.3 is 15.2 Å². The fourth-order valence-corrected chi connectivity index (χ4v) is 3.19. The zero-order chi connectivity index (χ0) is 13.9. The van der Waals surface area contributed by atoms with Crippen LogP contribution < -0.4 is 10.1 Å². The van der Waals surface area contributed by atoms with Crippen LogP contribution in [-0.2, 0) is 5.60 Å². The molecule has 0 saturated carbocycles. The van der Waals surface area contributed by atoms with E-state index in [9.17, 15) is 9.90 Å². The minimum atomic E-state index is -1.07. The van der Waals surface area contributed by atoms with Crippen LogP contribution in [0.2, 0.25) is 0 Å². The summed E-state index contributed by atoms with van der Waals surface area (Å²) >= 11 is 2.83. The van der Waals surface area contributed by atoms with Crippen molar-refractivity contribution in [2.75, 3.05) is 13.7 Å². The summed E-state index contributed by atoms with van der Waals surface area (Å²) in [6.45, 7) is 1.84. The Hall–Kier alpha value is -1.37. The highest BCUT2D eigenvalue weighted by Crippen LogP contribution is 2.25. The number of thiophene rings is 2. The Bertz CT molecular complexity index is 546. The molecule has 0 aliphatic rings. The molecule has 102 valence electrons. The van der Waals surface area contributed by atoms with Gasteiger partial charge in [-0.15, -0.1) is 11.3 Å². The van der Waals surface area contributed by atoms with E-state index in [1.54, 1.807) is 18.4 Å². The smallest absolute Gasteiger partial charge is 0.265 e. The van der Waals surface area contributed by atoms with Gasteiger partial charge in [-0.3, -0.25) is 4.79 Å². The van der Waals surface area contributed by atoms with Crippen LogP contribution in [0.4, 0.5) is 0 Å². The van der Waals surface area contributed by atoms with E-state index >= 15 is 0 Å². The maximum Gasteiger partial charge on any atom is 0.265 e. The van der Waals surface area contributed by atoms with E-state index in [1.807, 2.05) is 16.8 Å². The number of carbonyl (C=O) groups excluding carboxylic acids is 1. The first kappa shape index (κ1) is 14.0. The van der Waals surface area contributed by atoms with Crippen molar-refractivity contribution in [2.45, 2.75) is 12.5 Å². The van der Waals surface area contributed by atoms with Gasteiger partial charge in [-0.2, -0.15) is 11.3 Å². The quantitative estimate of drug-likeness (QED) is 0.891. The van der Waals surface area contributed by atoms with Gasteiger partial charge in [-0.05, 0) is 40.8 Å². The molecule has 1 atom stereocenters. The maximum absolute atomic E-state index is 12.0. The van der Waals surface area contributed by atoms with Crippen molar-refractivity contribution in [3.8, 4) is 5.75 Å². The molecule has 2 rings (SSSR count). The van der Waals surface area contributed by atoms with E-state index in [2.05, 4.69) is 5.32 Å². The van der Waals surface area contributed by atoms with Crippen LogP contribution >= 0.6 is 22.7 Å². The lowest BCUT2D eigenvalue weighted by Gasteiger charge is -2.22. The molecule has 1 amide bonds. The lowest BCUT2D eigenvalue weighted by atomic mass is 9.99. The minimum Gasteiger partial charge on any atom is -0.495 e. The van der Waals surface area contributed by atoms with Gasteiger partial charge in [0.2, 0.25) is 0 Å². The molecule has 1 unspecified atom stereocenters. The van der Waals surface area contributed by atoms with Crippen molar-refractivity contribution in [1.82, 2.24) is 5.32 Å². The fourth-order valence-electron chi connectivity index (χ4n) is 1.63. The minimum absolute atomic E-state index is 0.156. The third-order valence-electron chi connectivity index (χ3n) is 2.79. The van der Waals surface area contributed by atoms with Crippen molar-refractivity contribution < 1.29 is 14.6 Å². The molecule has 2 aromatic heterocycles. The molecule has 2 N–H and O–H groups in total.